The summed E-state index contributed by atoms with van der Waals surface area (Å²) in [5, 5.41) is 9.97. The summed E-state index contributed by atoms with van der Waals surface area (Å²) in [6.45, 7) is 5.03. The van der Waals surface area contributed by atoms with Crippen molar-refractivity contribution in [2.24, 2.45) is 0 Å². The van der Waals surface area contributed by atoms with Crippen molar-refractivity contribution in [3.8, 4) is 0 Å². The third-order valence-corrected chi connectivity index (χ3v) is 13.4. The largest absolute Gasteiger partial charge is 0.748 e. The van der Waals surface area contributed by atoms with Crippen LogP contribution in [0.25, 0.3) is 0 Å². The molecule has 22 heteroatoms. The first kappa shape index (κ1) is 48.4. The zero-order valence-electron chi connectivity index (χ0n) is 33.1. The number of hydrogen-bond acceptors (Lipinski definition) is 13. The van der Waals surface area contributed by atoms with E-state index in [0.29, 0.717) is 17.0 Å². The molecule has 0 radical (unpaired) electrons. The number of carbonyl (C=O) groups excluding carboxylic acids is 1. The van der Waals surface area contributed by atoms with Gasteiger partial charge in [-0.1, -0.05) is 36.4 Å². The van der Waals surface area contributed by atoms with Gasteiger partial charge in [-0.05, 0) is 70.2 Å². The first-order valence-corrected chi connectivity index (χ1v) is 25.0. The molecular weight excluding hydrogens is 869 g/mol. The van der Waals surface area contributed by atoms with Gasteiger partial charge in [0.1, 0.15) is 6.54 Å². The Morgan fingerprint density at radius 3 is 2.05 bits per heavy atom. The van der Waals surface area contributed by atoms with E-state index < -0.39 is 92.9 Å². The van der Waals surface area contributed by atoms with E-state index >= 15 is 0 Å². The second-order valence-corrected chi connectivity index (χ2v) is 21.3. The second kappa shape index (κ2) is 18.8. The predicted octanol–water partition coefficient (Wildman–Crippen LogP) is 3.85. The van der Waals surface area contributed by atoms with E-state index in [-0.39, 0.29) is 62.0 Å². The van der Waals surface area contributed by atoms with Crippen LogP contribution >= 0.6 is 0 Å². The summed E-state index contributed by atoms with van der Waals surface area (Å²) < 4.78 is 138. The van der Waals surface area contributed by atoms with E-state index in [1.54, 1.807) is 60.9 Å². The summed E-state index contributed by atoms with van der Waals surface area (Å²) in [5.41, 5.74) is 0.890. The second-order valence-electron chi connectivity index (χ2n) is 15.1. The lowest BCUT2D eigenvalue weighted by Gasteiger charge is -2.30. The summed E-state index contributed by atoms with van der Waals surface area (Å²) in [5.74, 6) is -4.79. The molecule has 0 aliphatic carbocycles. The zero-order valence-corrected chi connectivity index (χ0v) is 36.3. The topological polar surface area (TPSA) is 290 Å². The molecular formula is C38H48N2O16S4. The number of anilines is 1. The van der Waals surface area contributed by atoms with E-state index in [1.807, 2.05) is 24.0 Å². The highest BCUT2D eigenvalue weighted by Gasteiger charge is 2.48. The molecule has 0 saturated heterocycles. The quantitative estimate of drug-likeness (QED) is 0.0455. The van der Waals surface area contributed by atoms with Crippen LogP contribution in [0, 0.1) is 0 Å². The van der Waals surface area contributed by atoms with Crippen LogP contribution in [-0.2, 0) is 56.0 Å². The van der Waals surface area contributed by atoms with Crippen LogP contribution in [0.2, 0.25) is 0 Å². The molecule has 0 spiro atoms. The fourth-order valence-electron chi connectivity index (χ4n) is 7.69. The Balaban J connectivity index is 1.78. The third kappa shape index (κ3) is 12.6. The fraction of sp³-hybridized carbons (Fsp3) is 0.447. The first-order chi connectivity index (χ1) is 27.6. The molecule has 0 amide bonds. The molecule has 2 aliphatic heterocycles. The maximum Gasteiger partial charge on any atom is 0.338 e. The molecule has 1 atom stereocenters. The monoisotopic (exact) mass is 916 g/mol. The Labute approximate surface area is 350 Å². The number of nitrogens with zero attached hydrogens (tertiary/aromatic N) is 2. The number of carboxylic acid groups (broad SMARTS) is 1. The summed E-state index contributed by atoms with van der Waals surface area (Å²) >= 11 is 0. The van der Waals surface area contributed by atoms with E-state index in [9.17, 15) is 62.0 Å². The van der Waals surface area contributed by atoms with Crippen LogP contribution in [0.5, 0.6) is 0 Å². The van der Waals surface area contributed by atoms with Crippen molar-refractivity contribution in [2.75, 3.05) is 47.6 Å². The van der Waals surface area contributed by atoms with E-state index in [0.717, 1.165) is 17.3 Å². The van der Waals surface area contributed by atoms with Gasteiger partial charge < -0.3 is 19.3 Å². The molecule has 4 rings (SSSR count). The number of ether oxygens (including phenoxy) is 1. The number of carboxylic acids is 1. The van der Waals surface area contributed by atoms with Gasteiger partial charge in [0.25, 0.3) is 30.4 Å². The summed E-state index contributed by atoms with van der Waals surface area (Å²) in [7, 11) is -17.5. The molecule has 330 valence electrons. The lowest BCUT2D eigenvalue weighted by Crippen LogP contribution is -2.30. The highest BCUT2D eigenvalue weighted by molar-refractivity contribution is 7.86. The van der Waals surface area contributed by atoms with Crippen molar-refractivity contribution in [1.29, 1.82) is 0 Å². The molecule has 2 aromatic rings. The van der Waals surface area contributed by atoms with Crippen molar-refractivity contribution in [1.82, 2.24) is 0 Å². The van der Waals surface area contributed by atoms with Crippen LogP contribution in [0.3, 0.4) is 0 Å². The highest BCUT2D eigenvalue weighted by atomic mass is 32.2. The maximum absolute atomic E-state index is 13.5. The normalized spacial score (nSPS) is 18.8. The Hall–Kier alpha value is -4.29. The predicted molar refractivity (Wildman–Crippen MR) is 221 cm³/mol. The number of benzene rings is 2. The molecule has 2 aliphatic rings. The minimum Gasteiger partial charge on any atom is -0.748 e. The van der Waals surface area contributed by atoms with Crippen molar-refractivity contribution in [3.63, 3.8) is 0 Å². The molecule has 2 heterocycles. The van der Waals surface area contributed by atoms with Crippen LogP contribution in [0.4, 0.5) is 11.4 Å². The number of para-hydroxylation sites is 1. The van der Waals surface area contributed by atoms with Gasteiger partial charge in [-0.2, -0.15) is 29.8 Å². The van der Waals surface area contributed by atoms with Gasteiger partial charge in [-0.25, -0.2) is 18.0 Å². The van der Waals surface area contributed by atoms with Crippen molar-refractivity contribution >= 4 is 69.5 Å². The summed E-state index contributed by atoms with van der Waals surface area (Å²) in [4.78, 5) is 27.6. The molecule has 0 fully saturated rings. The molecule has 0 saturated carbocycles. The van der Waals surface area contributed by atoms with Crippen LogP contribution in [0.15, 0.2) is 72.5 Å². The molecule has 0 bridgehead atoms. The van der Waals surface area contributed by atoms with Crippen molar-refractivity contribution in [3.05, 3.63) is 94.7 Å². The van der Waals surface area contributed by atoms with Crippen LogP contribution in [-0.4, -0.2) is 122 Å². The number of rotatable bonds is 21. The Kier molecular flexibility index (Phi) is 15.1. The minimum absolute atomic E-state index is 0.00665. The number of aromatic carboxylic acids is 1. The molecule has 60 heavy (non-hydrogen) atoms. The lowest BCUT2D eigenvalue weighted by molar-refractivity contribution is -0.437. The lowest BCUT2D eigenvalue weighted by atomic mass is 9.77. The van der Waals surface area contributed by atoms with Gasteiger partial charge in [-0.3, -0.25) is 13.7 Å². The number of carbonyl (C=O) groups is 2. The highest BCUT2D eigenvalue weighted by Crippen LogP contribution is 2.50. The van der Waals surface area contributed by atoms with E-state index in [2.05, 4.69) is 0 Å². The SMILES string of the molecule is CC1(C)C(C=CC=CC=C2N(CCCS(=O)(=O)[O-])c3ccccc3C2(C)CCCS(=O)(=O)O)=[N+](CCCS(=O)(=O)O)c2cc(C(=O)O)cc(C(=O)OCCCS(=O)(=O)O)c21. The standard InChI is InChI=1S/C38H48N2O16S4/c1-37(2)32(40(19-11-23-59(50,51)52)31-26-27(35(41)42)25-28(34(31)37)36(43)56-20-12-24-60(53,54)55)15-5-4-6-16-33-38(3,17-9-21-57(44,45)46)29-13-7-8-14-30(29)39(33)18-10-22-58(47,48)49/h4-8,13-16,25-26H,9-12,17-24H2,1-3H3,(H4-,41,42,44,45,46,47,48,49,50,51,52,53,54,55). The average molecular weight is 917 g/mol. The van der Waals surface area contributed by atoms with Gasteiger partial charge in [0.15, 0.2) is 5.71 Å². The number of esters is 1. The molecule has 2 aromatic carbocycles. The molecule has 18 nitrogen and oxygen atoms in total. The van der Waals surface area contributed by atoms with Crippen LogP contribution < -0.4 is 4.90 Å². The fourth-order valence-corrected chi connectivity index (χ4v) is 9.66. The van der Waals surface area contributed by atoms with Gasteiger partial charge in [-0.15, -0.1) is 0 Å². The van der Waals surface area contributed by atoms with Crippen molar-refractivity contribution in [2.45, 2.75) is 63.7 Å². The Morgan fingerprint density at radius 2 is 1.43 bits per heavy atom. The maximum atomic E-state index is 13.5. The first-order valence-electron chi connectivity index (χ1n) is 18.6. The smallest absolute Gasteiger partial charge is 0.338 e. The van der Waals surface area contributed by atoms with Gasteiger partial charge in [0, 0.05) is 47.7 Å². The van der Waals surface area contributed by atoms with Gasteiger partial charge in [0.2, 0.25) is 5.69 Å². The summed E-state index contributed by atoms with van der Waals surface area (Å²) in [6.07, 6.45) is 8.35. The van der Waals surface area contributed by atoms with E-state index in [4.69, 9.17) is 9.29 Å². The number of fused-ring (bicyclic) bond motifs is 2. The van der Waals surface area contributed by atoms with E-state index in [1.165, 1.54) is 6.07 Å². The van der Waals surface area contributed by atoms with Crippen LogP contribution in [0.1, 0.15) is 84.7 Å². The van der Waals surface area contributed by atoms with Gasteiger partial charge >= 0.3 is 11.9 Å². The van der Waals surface area contributed by atoms with Gasteiger partial charge in [0.05, 0.1) is 56.1 Å². The van der Waals surface area contributed by atoms with Crippen molar-refractivity contribution < 1.29 is 75.9 Å². The zero-order chi connectivity index (χ0) is 44.9. The Morgan fingerprint density at radius 1 is 0.817 bits per heavy atom. The molecule has 4 N–H and O–H groups in total. The average Bonchev–Trinajstić information content (AvgIpc) is 3.47. The number of hydrogen-bond donors (Lipinski definition) is 4. The third-order valence-electron chi connectivity index (χ3n) is 10.2. The summed E-state index contributed by atoms with van der Waals surface area (Å²) in [6, 6.07) is 9.70. The number of allylic oxidation sites excluding steroid dienone is 6. The molecule has 1 unspecified atom stereocenters. The molecule has 0 aromatic heterocycles. The minimum atomic E-state index is -4.52. The Bertz CT molecular complexity index is 2580.